The normalized spacial score (nSPS) is 24.7. The molecule has 2 aliphatic rings. The van der Waals surface area contributed by atoms with E-state index in [1.165, 1.54) is 4.90 Å². The summed E-state index contributed by atoms with van der Waals surface area (Å²) in [6, 6.07) is 0.973. The van der Waals surface area contributed by atoms with Gasteiger partial charge < -0.3 is 4.74 Å². The number of fused-ring (bicyclic) bond motifs is 1. The Kier molecular flexibility index (Phi) is 3.42. The van der Waals surface area contributed by atoms with Crippen LogP contribution >= 0.6 is 0 Å². The number of hydrogen-bond acceptors (Lipinski definition) is 3. The number of halogens is 3. The molecule has 1 aromatic rings. The van der Waals surface area contributed by atoms with Crippen LogP contribution in [0, 0.1) is 17.5 Å². The Morgan fingerprint density at radius 3 is 2.45 bits per heavy atom. The molecular weight excluding hydrogens is 299 g/mol. The van der Waals surface area contributed by atoms with Crippen LogP contribution in [0.25, 0.3) is 0 Å². The van der Waals surface area contributed by atoms with Crippen LogP contribution in [-0.4, -0.2) is 22.9 Å². The molecule has 2 heterocycles. The van der Waals surface area contributed by atoms with Gasteiger partial charge in [-0.1, -0.05) is 6.08 Å². The minimum absolute atomic E-state index is 0.109. The van der Waals surface area contributed by atoms with Gasteiger partial charge in [-0.15, -0.1) is 0 Å². The summed E-state index contributed by atoms with van der Waals surface area (Å²) in [5, 5.41) is 0. The third kappa shape index (κ3) is 2.17. The average molecular weight is 311 g/mol. The molecule has 1 amide bonds. The molecule has 0 radical (unpaired) electrons. The highest BCUT2D eigenvalue weighted by atomic mass is 19.2. The van der Waals surface area contributed by atoms with Crippen LogP contribution in [0.5, 0.6) is 0 Å². The van der Waals surface area contributed by atoms with Crippen molar-refractivity contribution < 1.29 is 27.5 Å². The third-order valence-corrected chi connectivity index (χ3v) is 3.87. The van der Waals surface area contributed by atoms with Gasteiger partial charge in [-0.2, -0.15) is 0 Å². The van der Waals surface area contributed by atoms with Gasteiger partial charge in [-0.25, -0.2) is 18.0 Å². The highest BCUT2D eigenvalue weighted by molar-refractivity contribution is 6.33. The molecule has 3 rings (SSSR count). The van der Waals surface area contributed by atoms with Crippen LogP contribution in [0.1, 0.15) is 31.4 Å². The molecule has 0 unspecified atom stereocenters. The van der Waals surface area contributed by atoms with Crippen molar-refractivity contribution in [2.24, 2.45) is 0 Å². The number of ether oxygens (including phenoxy) is 1. The van der Waals surface area contributed by atoms with Crippen LogP contribution in [0.15, 0.2) is 23.9 Å². The summed E-state index contributed by atoms with van der Waals surface area (Å²) >= 11 is 0. The van der Waals surface area contributed by atoms with Gasteiger partial charge in [0.15, 0.2) is 17.5 Å². The number of esters is 1. The highest BCUT2D eigenvalue weighted by Crippen LogP contribution is 2.38. The van der Waals surface area contributed by atoms with Gasteiger partial charge in [-0.3, -0.25) is 9.69 Å². The molecule has 1 saturated heterocycles. The van der Waals surface area contributed by atoms with E-state index in [-0.39, 0.29) is 5.56 Å². The number of amides is 1. The van der Waals surface area contributed by atoms with Crippen LogP contribution in [-0.2, 0) is 14.3 Å². The summed E-state index contributed by atoms with van der Waals surface area (Å²) in [7, 11) is 0. The highest BCUT2D eigenvalue weighted by Gasteiger charge is 2.42. The first-order chi connectivity index (χ1) is 10.4. The van der Waals surface area contributed by atoms with E-state index in [1.54, 1.807) is 13.0 Å². The number of benzene rings is 1. The van der Waals surface area contributed by atoms with Crippen molar-refractivity contribution in [3.05, 3.63) is 46.9 Å². The van der Waals surface area contributed by atoms with Crippen LogP contribution in [0.4, 0.5) is 13.2 Å². The number of allylic oxidation sites excluding steroid dienone is 1. The topological polar surface area (TPSA) is 46.6 Å². The number of cyclic esters (lactones) is 1. The molecule has 0 N–H and O–H groups in total. The molecule has 116 valence electrons. The summed E-state index contributed by atoms with van der Waals surface area (Å²) in [4.78, 5) is 24.8. The lowest BCUT2D eigenvalue weighted by Gasteiger charge is -2.41. The zero-order chi connectivity index (χ0) is 16.0. The predicted octanol–water partition coefficient (Wildman–Crippen LogP) is 2.60. The number of nitrogens with zero attached hydrogens (tertiary/aromatic N) is 1. The largest absolute Gasteiger partial charge is 0.449 e. The first-order valence-electron chi connectivity index (χ1n) is 6.79. The second-order valence-corrected chi connectivity index (χ2v) is 5.24. The molecule has 22 heavy (non-hydrogen) atoms. The summed E-state index contributed by atoms with van der Waals surface area (Å²) in [5.74, 6) is -6.12. The standard InChI is InChI=1S/C15H12F3NO3/c1-7-11-3-2-4-12(19(11)14(20)15(21)22-7)8-5-9(16)13(18)10(17)6-8/h3,5-7,12H,2,4H2,1H3/t7-,12+/m1/s1. The number of carbonyl (C=O) groups is 2. The maximum absolute atomic E-state index is 13.4. The number of carbonyl (C=O) groups excluding carboxylic acids is 2. The third-order valence-electron chi connectivity index (χ3n) is 3.87. The van der Waals surface area contributed by atoms with Crippen molar-refractivity contribution in [2.75, 3.05) is 0 Å². The zero-order valence-electron chi connectivity index (χ0n) is 11.6. The summed E-state index contributed by atoms with van der Waals surface area (Å²) in [5.41, 5.74) is 0.586. The van der Waals surface area contributed by atoms with Crippen molar-refractivity contribution in [1.82, 2.24) is 4.90 Å². The average Bonchev–Trinajstić information content (AvgIpc) is 2.49. The van der Waals surface area contributed by atoms with E-state index in [0.29, 0.717) is 18.5 Å². The molecule has 0 spiro atoms. The Morgan fingerprint density at radius 2 is 1.82 bits per heavy atom. The minimum atomic E-state index is -1.56. The molecule has 0 aliphatic carbocycles. The Labute approximate surface area is 124 Å². The Bertz CT molecular complexity index is 678. The number of morpholine rings is 1. The molecule has 1 aromatic carbocycles. The van der Waals surface area contributed by atoms with Gasteiger partial charge in [0.2, 0.25) is 0 Å². The van der Waals surface area contributed by atoms with Crippen LogP contribution in [0.3, 0.4) is 0 Å². The Balaban J connectivity index is 2.06. The lowest BCUT2D eigenvalue weighted by atomic mass is 9.93. The van der Waals surface area contributed by atoms with Gasteiger partial charge in [0.05, 0.1) is 11.7 Å². The number of rotatable bonds is 1. The van der Waals surface area contributed by atoms with E-state index in [2.05, 4.69) is 0 Å². The van der Waals surface area contributed by atoms with Crippen molar-refractivity contribution in [1.29, 1.82) is 0 Å². The fraction of sp³-hybridized carbons (Fsp3) is 0.333. The quantitative estimate of drug-likeness (QED) is 0.455. The first-order valence-corrected chi connectivity index (χ1v) is 6.79. The lowest BCUT2D eigenvalue weighted by molar-refractivity contribution is -0.169. The molecule has 1 fully saturated rings. The molecule has 0 aromatic heterocycles. The van der Waals surface area contributed by atoms with Crippen molar-refractivity contribution in [3.8, 4) is 0 Å². The molecular formula is C15H12F3NO3. The van der Waals surface area contributed by atoms with Gasteiger partial charge >= 0.3 is 11.9 Å². The molecule has 0 saturated carbocycles. The second-order valence-electron chi connectivity index (χ2n) is 5.24. The minimum Gasteiger partial charge on any atom is -0.449 e. The summed E-state index contributed by atoms with van der Waals surface area (Å²) < 4.78 is 44.9. The zero-order valence-corrected chi connectivity index (χ0v) is 11.6. The van der Waals surface area contributed by atoms with E-state index in [0.717, 1.165) is 12.1 Å². The van der Waals surface area contributed by atoms with Gasteiger partial charge in [0.1, 0.15) is 6.10 Å². The molecule has 2 aliphatic heterocycles. The monoisotopic (exact) mass is 311 g/mol. The predicted molar refractivity (Wildman–Crippen MR) is 68.8 cm³/mol. The second kappa shape index (κ2) is 5.15. The van der Waals surface area contributed by atoms with Crippen molar-refractivity contribution in [3.63, 3.8) is 0 Å². The molecule has 7 heteroatoms. The maximum Gasteiger partial charge on any atom is 0.398 e. The lowest BCUT2D eigenvalue weighted by Crippen LogP contribution is -2.49. The first kappa shape index (κ1) is 14.6. The van der Waals surface area contributed by atoms with E-state index in [1.807, 2.05) is 0 Å². The van der Waals surface area contributed by atoms with Gasteiger partial charge in [-0.05, 0) is 37.5 Å². The summed E-state index contributed by atoms with van der Waals surface area (Å²) in [6.45, 7) is 1.61. The van der Waals surface area contributed by atoms with Gasteiger partial charge in [0.25, 0.3) is 0 Å². The fourth-order valence-electron chi connectivity index (χ4n) is 2.87. The SMILES string of the molecule is C[C@H]1OC(=O)C(=O)N2C1=CCC[C@H]2c1cc(F)c(F)c(F)c1. The molecule has 0 bridgehead atoms. The van der Waals surface area contributed by atoms with Crippen molar-refractivity contribution in [2.45, 2.75) is 31.9 Å². The summed E-state index contributed by atoms with van der Waals surface area (Å²) in [6.07, 6.45) is 2.05. The van der Waals surface area contributed by atoms with E-state index in [4.69, 9.17) is 4.74 Å². The fourth-order valence-corrected chi connectivity index (χ4v) is 2.87. The van der Waals surface area contributed by atoms with Gasteiger partial charge in [0, 0.05) is 0 Å². The van der Waals surface area contributed by atoms with Crippen LogP contribution < -0.4 is 0 Å². The smallest absolute Gasteiger partial charge is 0.398 e. The maximum atomic E-state index is 13.4. The van der Waals surface area contributed by atoms with E-state index < -0.39 is 41.5 Å². The molecule has 4 nitrogen and oxygen atoms in total. The number of hydrogen-bond donors (Lipinski definition) is 0. The Hall–Kier alpha value is -2.31. The molecule has 2 atom stereocenters. The van der Waals surface area contributed by atoms with Crippen molar-refractivity contribution >= 4 is 11.9 Å². The van der Waals surface area contributed by atoms with Crippen LogP contribution in [0.2, 0.25) is 0 Å². The van der Waals surface area contributed by atoms with E-state index >= 15 is 0 Å². The van der Waals surface area contributed by atoms with E-state index in [9.17, 15) is 22.8 Å². The Morgan fingerprint density at radius 1 is 1.18 bits per heavy atom.